The molecule has 0 heterocycles. The molecule has 0 aromatic carbocycles. The van der Waals surface area contributed by atoms with Crippen LogP contribution in [0.15, 0.2) is 0 Å². The van der Waals surface area contributed by atoms with Crippen LogP contribution in [-0.2, 0) is 9.53 Å². The van der Waals surface area contributed by atoms with Crippen LogP contribution in [0, 0.1) is 17.3 Å². The summed E-state index contributed by atoms with van der Waals surface area (Å²) in [5.74, 6) is 1.58. The highest BCUT2D eigenvalue weighted by Crippen LogP contribution is 2.54. The first-order valence-electron chi connectivity index (χ1n) is 7.24. The molecule has 0 aliphatic heterocycles. The quantitative estimate of drug-likeness (QED) is 0.784. The standard InChI is InChI=1S/C15H27NO2/c1-14(2,16)15(10-13(17)18-3)8-4-5-12(9-15)11-6-7-11/h11-12H,4-10,16H2,1-3H3. The third-order valence-electron chi connectivity index (χ3n) is 5.25. The number of esters is 1. The van der Waals surface area contributed by atoms with Gasteiger partial charge in [0.2, 0.25) is 0 Å². The Bertz CT molecular complexity index is 317. The molecule has 2 aliphatic rings. The molecule has 2 atom stereocenters. The number of carbonyl (C=O) groups is 1. The van der Waals surface area contributed by atoms with Crippen molar-refractivity contribution in [2.24, 2.45) is 23.0 Å². The number of carbonyl (C=O) groups excluding carboxylic acids is 1. The molecule has 2 rings (SSSR count). The summed E-state index contributed by atoms with van der Waals surface area (Å²) in [4.78, 5) is 11.7. The molecule has 0 radical (unpaired) electrons. The van der Waals surface area contributed by atoms with Crippen molar-refractivity contribution < 1.29 is 9.53 Å². The zero-order valence-electron chi connectivity index (χ0n) is 12.0. The lowest BCUT2D eigenvalue weighted by Crippen LogP contribution is -2.54. The van der Waals surface area contributed by atoms with Gasteiger partial charge >= 0.3 is 5.97 Å². The fourth-order valence-electron chi connectivity index (χ4n) is 3.70. The maximum atomic E-state index is 11.7. The largest absolute Gasteiger partial charge is 0.469 e. The first-order valence-corrected chi connectivity index (χ1v) is 7.24. The monoisotopic (exact) mass is 253 g/mol. The maximum absolute atomic E-state index is 11.7. The second-order valence-corrected chi connectivity index (χ2v) is 6.95. The van der Waals surface area contributed by atoms with Gasteiger partial charge in [0, 0.05) is 5.54 Å². The molecule has 18 heavy (non-hydrogen) atoms. The molecule has 0 bridgehead atoms. The van der Waals surface area contributed by atoms with Gasteiger partial charge in [-0.25, -0.2) is 0 Å². The normalized spacial score (nSPS) is 33.2. The summed E-state index contributed by atoms with van der Waals surface area (Å²) in [5.41, 5.74) is 6.05. The van der Waals surface area contributed by atoms with E-state index in [0.717, 1.165) is 24.7 Å². The topological polar surface area (TPSA) is 52.3 Å². The van der Waals surface area contributed by atoms with Gasteiger partial charge in [0.15, 0.2) is 0 Å². The predicted molar refractivity (Wildman–Crippen MR) is 72.0 cm³/mol. The summed E-state index contributed by atoms with van der Waals surface area (Å²) >= 11 is 0. The lowest BCUT2D eigenvalue weighted by Gasteiger charge is -2.49. The van der Waals surface area contributed by atoms with Gasteiger partial charge < -0.3 is 10.5 Å². The number of rotatable bonds is 4. The molecule has 0 amide bonds. The van der Waals surface area contributed by atoms with E-state index in [1.165, 1.54) is 32.8 Å². The molecule has 2 saturated carbocycles. The molecular weight excluding hydrogens is 226 g/mol. The minimum Gasteiger partial charge on any atom is -0.469 e. The zero-order chi connectivity index (χ0) is 13.4. The Balaban J connectivity index is 2.15. The van der Waals surface area contributed by atoms with E-state index in [9.17, 15) is 4.79 Å². The molecular formula is C15H27NO2. The van der Waals surface area contributed by atoms with Gasteiger partial charge in [-0.3, -0.25) is 4.79 Å². The van der Waals surface area contributed by atoms with E-state index in [1.807, 2.05) is 0 Å². The molecule has 104 valence electrons. The lowest BCUT2D eigenvalue weighted by molar-refractivity contribution is -0.146. The van der Waals surface area contributed by atoms with Crippen molar-refractivity contribution in [2.75, 3.05) is 7.11 Å². The van der Waals surface area contributed by atoms with Gasteiger partial charge in [-0.15, -0.1) is 0 Å². The van der Waals surface area contributed by atoms with Gasteiger partial charge in [0.25, 0.3) is 0 Å². The third-order valence-corrected chi connectivity index (χ3v) is 5.25. The van der Waals surface area contributed by atoms with Gasteiger partial charge in [-0.05, 0) is 56.8 Å². The van der Waals surface area contributed by atoms with E-state index >= 15 is 0 Å². The zero-order valence-corrected chi connectivity index (χ0v) is 12.0. The minimum atomic E-state index is -0.311. The van der Waals surface area contributed by atoms with Crippen molar-refractivity contribution in [1.82, 2.24) is 0 Å². The molecule has 0 aromatic heterocycles. The third kappa shape index (κ3) is 2.71. The van der Waals surface area contributed by atoms with Gasteiger partial charge in [0.05, 0.1) is 13.5 Å². The summed E-state index contributed by atoms with van der Waals surface area (Å²) in [6, 6.07) is 0. The second-order valence-electron chi connectivity index (χ2n) is 6.95. The molecule has 3 nitrogen and oxygen atoms in total. The van der Waals surface area contributed by atoms with Crippen molar-refractivity contribution in [1.29, 1.82) is 0 Å². The van der Waals surface area contributed by atoms with Gasteiger partial charge in [-0.1, -0.05) is 12.8 Å². The summed E-state index contributed by atoms with van der Waals surface area (Å²) < 4.78 is 4.89. The Labute approximate surface area is 110 Å². The fraction of sp³-hybridized carbons (Fsp3) is 0.933. The second kappa shape index (κ2) is 4.84. The maximum Gasteiger partial charge on any atom is 0.306 e. The average molecular weight is 253 g/mol. The van der Waals surface area contributed by atoms with Crippen molar-refractivity contribution in [3.63, 3.8) is 0 Å². The van der Waals surface area contributed by atoms with Crippen LogP contribution in [0.3, 0.4) is 0 Å². The number of ether oxygens (including phenoxy) is 1. The lowest BCUT2D eigenvalue weighted by atomic mass is 9.58. The van der Waals surface area contributed by atoms with Crippen molar-refractivity contribution in [3.05, 3.63) is 0 Å². The Kier molecular flexibility index (Phi) is 3.72. The molecule has 2 aliphatic carbocycles. The number of methoxy groups -OCH3 is 1. The summed E-state index contributed by atoms with van der Waals surface area (Å²) in [7, 11) is 1.47. The summed E-state index contributed by atoms with van der Waals surface area (Å²) in [5, 5.41) is 0. The van der Waals surface area contributed by atoms with Gasteiger partial charge in [-0.2, -0.15) is 0 Å². The fourth-order valence-corrected chi connectivity index (χ4v) is 3.70. The summed E-state index contributed by atoms with van der Waals surface area (Å²) in [6.07, 6.45) is 7.94. The van der Waals surface area contributed by atoms with Crippen LogP contribution < -0.4 is 5.73 Å². The SMILES string of the molecule is COC(=O)CC1(C(C)(C)N)CCCC(C2CC2)C1. The minimum absolute atomic E-state index is 0.0639. The number of hydrogen-bond acceptors (Lipinski definition) is 3. The molecule has 2 fully saturated rings. The highest BCUT2D eigenvalue weighted by atomic mass is 16.5. The van der Waals surface area contributed by atoms with E-state index in [2.05, 4.69) is 13.8 Å². The molecule has 0 aromatic rings. The highest BCUT2D eigenvalue weighted by Gasteiger charge is 2.49. The van der Waals surface area contributed by atoms with Crippen molar-refractivity contribution in [3.8, 4) is 0 Å². The van der Waals surface area contributed by atoms with Crippen LogP contribution >= 0.6 is 0 Å². The smallest absolute Gasteiger partial charge is 0.306 e. The van der Waals surface area contributed by atoms with Crippen molar-refractivity contribution in [2.45, 2.75) is 64.3 Å². The van der Waals surface area contributed by atoms with E-state index in [4.69, 9.17) is 10.5 Å². The Hall–Kier alpha value is -0.570. The average Bonchev–Trinajstić information content (AvgIpc) is 3.11. The Morgan fingerprint density at radius 2 is 2.00 bits per heavy atom. The predicted octanol–water partition coefficient (Wildman–Crippen LogP) is 2.87. The molecule has 2 unspecified atom stereocenters. The van der Waals surface area contributed by atoms with Crippen LogP contribution in [-0.4, -0.2) is 18.6 Å². The molecule has 2 N–H and O–H groups in total. The van der Waals surface area contributed by atoms with Crippen LogP contribution in [0.2, 0.25) is 0 Å². The summed E-state index contributed by atoms with van der Waals surface area (Å²) in [6.45, 7) is 4.15. The first kappa shape index (κ1) is 13.9. The van der Waals surface area contributed by atoms with E-state index in [1.54, 1.807) is 0 Å². The first-order chi connectivity index (χ1) is 8.38. The molecule has 0 spiro atoms. The highest BCUT2D eigenvalue weighted by molar-refractivity contribution is 5.70. The molecule has 3 heteroatoms. The van der Waals surface area contributed by atoms with Crippen LogP contribution in [0.25, 0.3) is 0 Å². The number of hydrogen-bond donors (Lipinski definition) is 1. The Morgan fingerprint density at radius 1 is 1.33 bits per heavy atom. The van der Waals surface area contributed by atoms with Gasteiger partial charge in [0.1, 0.15) is 0 Å². The van der Waals surface area contributed by atoms with E-state index < -0.39 is 0 Å². The van der Waals surface area contributed by atoms with Crippen LogP contribution in [0.1, 0.15) is 58.8 Å². The van der Waals surface area contributed by atoms with E-state index in [-0.39, 0.29) is 16.9 Å². The molecule has 0 saturated heterocycles. The van der Waals surface area contributed by atoms with E-state index in [0.29, 0.717) is 6.42 Å². The van der Waals surface area contributed by atoms with Crippen molar-refractivity contribution >= 4 is 5.97 Å². The number of nitrogens with two attached hydrogens (primary N) is 1. The van der Waals surface area contributed by atoms with Crippen LogP contribution in [0.4, 0.5) is 0 Å². The van der Waals surface area contributed by atoms with Crippen LogP contribution in [0.5, 0.6) is 0 Å². The Morgan fingerprint density at radius 3 is 2.50 bits per heavy atom.